The summed E-state index contributed by atoms with van der Waals surface area (Å²) in [6, 6.07) is 2.20. The Hall–Kier alpha value is -0.550. The third-order valence-electron chi connectivity index (χ3n) is 2.32. The number of rotatable bonds is 8. The summed E-state index contributed by atoms with van der Waals surface area (Å²) in [5, 5.41) is 8.52. The van der Waals surface area contributed by atoms with E-state index in [1.165, 1.54) is 32.1 Å². The Morgan fingerprint density at radius 2 is 1.77 bits per heavy atom. The van der Waals surface area contributed by atoms with E-state index in [1.807, 2.05) is 0 Å². The van der Waals surface area contributed by atoms with E-state index in [2.05, 4.69) is 24.8 Å². The summed E-state index contributed by atoms with van der Waals surface area (Å²) in [4.78, 5) is 2.20. The zero-order chi connectivity index (χ0) is 9.94. The molecule has 0 atom stereocenters. The third kappa shape index (κ3) is 7.80. The number of nitrogens with zero attached hydrogens (tertiary/aromatic N) is 2. The molecule has 0 aliphatic heterocycles. The Bertz CT molecular complexity index is 138. The van der Waals surface area contributed by atoms with Gasteiger partial charge < -0.3 is 0 Å². The van der Waals surface area contributed by atoms with Gasteiger partial charge in [-0.15, -0.1) is 0 Å². The lowest BCUT2D eigenvalue weighted by Gasteiger charge is -2.15. The molecule has 0 aromatic heterocycles. The summed E-state index contributed by atoms with van der Waals surface area (Å²) in [6.07, 6.45) is 6.56. The molecule has 0 aliphatic carbocycles. The van der Waals surface area contributed by atoms with Crippen LogP contribution >= 0.6 is 0 Å². The van der Waals surface area contributed by atoms with Crippen LogP contribution in [0.2, 0.25) is 0 Å². The van der Waals surface area contributed by atoms with Crippen LogP contribution in [0.25, 0.3) is 0 Å². The number of nitriles is 1. The second-order valence-electron chi connectivity index (χ2n) is 3.44. The second-order valence-corrected chi connectivity index (χ2v) is 3.44. The molecular formula is C11H22N2. The van der Waals surface area contributed by atoms with Crippen LogP contribution in [0, 0.1) is 11.3 Å². The Morgan fingerprint density at radius 1 is 1.08 bits per heavy atom. The van der Waals surface area contributed by atoms with Gasteiger partial charge in [-0.05, 0) is 19.5 Å². The largest absolute Gasteiger partial charge is 0.291 e. The van der Waals surface area contributed by atoms with Crippen molar-refractivity contribution in [2.75, 3.05) is 19.6 Å². The molecule has 0 radical (unpaired) electrons. The number of unbranched alkanes of at least 4 members (excludes halogenated alkanes) is 4. The van der Waals surface area contributed by atoms with Gasteiger partial charge >= 0.3 is 0 Å². The fourth-order valence-corrected chi connectivity index (χ4v) is 1.39. The van der Waals surface area contributed by atoms with Crippen molar-refractivity contribution in [3.63, 3.8) is 0 Å². The van der Waals surface area contributed by atoms with E-state index < -0.39 is 0 Å². The smallest absolute Gasteiger partial charge is 0.0865 e. The highest BCUT2D eigenvalue weighted by Gasteiger charge is 1.99. The van der Waals surface area contributed by atoms with Crippen LogP contribution in [0.4, 0.5) is 0 Å². The minimum absolute atomic E-state index is 0.588. The summed E-state index contributed by atoms with van der Waals surface area (Å²) in [7, 11) is 0. The highest BCUT2D eigenvalue weighted by Crippen LogP contribution is 2.03. The van der Waals surface area contributed by atoms with Crippen LogP contribution < -0.4 is 0 Å². The van der Waals surface area contributed by atoms with Crippen molar-refractivity contribution in [3.8, 4) is 6.07 Å². The SMILES string of the molecule is CCCCCCCN(CC)CC#N. The summed E-state index contributed by atoms with van der Waals surface area (Å²) < 4.78 is 0. The van der Waals surface area contributed by atoms with E-state index in [0.717, 1.165) is 13.1 Å². The number of hydrogen-bond acceptors (Lipinski definition) is 2. The molecule has 0 N–H and O–H groups in total. The Kier molecular flexibility index (Phi) is 9.13. The Labute approximate surface area is 82.5 Å². The fraction of sp³-hybridized carbons (Fsp3) is 0.909. The van der Waals surface area contributed by atoms with Gasteiger partial charge in [0, 0.05) is 0 Å². The zero-order valence-electron chi connectivity index (χ0n) is 9.05. The van der Waals surface area contributed by atoms with E-state index in [-0.39, 0.29) is 0 Å². The van der Waals surface area contributed by atoms with Crippen molar-refractivity contribution in [3.05, 3.63) is 0 Å². The lowest BCUT2D eigenvalue weighted by Crippen LogP contribution is -2.24. The quantitative estimate of drug-likeness (QED) is 0.426. The molecule has 0 aromatic rings. The highest BCUT2D eigenvalue weighted by molar-refractivity contribution is 4.75. The van der Waals surface area contributed by atoms with Crippen molar-refractivity contribution in [1.82, 2.24) is 4.90 Å². The van der Waals surface area contributed by atoms with Crippen LogP contribution in [-0.4, -0.2) is 24.5 Å². The minimum Gasteiger partial charge on any atom is -0.291 e. The zero-order valence-corrected chi connectivity index (χ0v) is 9.05. The lowest BCUT2D eigenvalue weighted by atomic mass is 10.1. The van der Waals surface area contributed by atoms with Gasteiger partial charge in [-0.25, -0.2) is 0 Å². The van der Waals surface area contributed by atoms with Gasteiger partial charge in [-0.2, -0.15) is 5.26 Å². The first-order valence-corrected chi connectivity index (χ1v) is 5.44. The molecular weight excluding hydrogens is 160 g/mol. The van der Waals surface area contributed by atoms with Crippen LogP contribution in [0.1, 0.15) is 46.0 Å². The van der Waals surface area contributed by atoms with Crippen LogP contribution in [0.3, 0.4) is 0 Å². The summed E-state index contributed by atoms with van der Waals surface area (Å²) in [5.41, 5.74) is 0. The summed E-state index contributed by atoms with van der Waals surface area (Å²) in [5.74, 6) is 0. The van der Waals surface area contributed by atoms with Gasteiger partial charge in [-0.1, -0.05) is 39.5 Å². The molecule has 76 valence electrons. The average molecular weight is 182 g/mol. The normalized spacial score (nSPS) is 10.3. The van der Waals surface area contributed by atoms with Gasteiger partial charge in [0.1, 0.15) is 0 Å². The first kappa shape index (κ1) is 12.4. The Morgan fingerprint density at radius 3 is 2.31 bits per heavy atom. The van der Waals surface area contributed by atoms with E-state index in [1.54, 1.807) is 0 Å². The fourth-order valence-electron chi connectivity index (χ4n) is 1.39. The second kappa shape index (κ2) is 9.54. The molecule has 0 aromatic carbocycles. The first-order chi connectivity index (χ1) is 6.35. The highest BCUT2D eigenvalue weighted by atomic mass is 15.1. The third-order valence-corrected chi connectivity index (χ3v) is 2.32. The van der Waals surface area contributed by atoms with E-state index in [0.29, 0.717) is 6.54 Å². The molecule has 0 bridgehead atoms. The molecule has 2 nitrogen and oxygen atoms in total. The molecule has 0 spiro atoms. The topological polar surface area (TPSA) is 27.0 Å². The molecule has 0 saturated carbocycles. The van der Waals surface area contributed by atoms with Crippen molar-refractivity contribution in [2.45, 2.75) is 46.0 Å². The van der Waals surface area contributed by atoms with Gasteiger partial charge in [-0.3, -0.25) is 4.90 Å². The maximum Gasteiger partial charge on any atom is 0.0865 e. The molecule has 0 aliphatic rings. The molecule has 0 amide bonds. The maximum atomic E-state index is 8.52. The first-order valence-electron chi connectivity index (χ1n) is 5.44. The molecule has 13 heavy (non-hydrogen) atoms. The monoisotopic (exact) mass is 182 g/mol. The van der Waals surface area contributed by atoms with Gasteiger partial charge in [0.15, 0.2) is 0 Å². The van der Waals surface area contributed by atoms with E-state index in [9.17, 15) is 0 Å². The Balaban J connectivity index is 3.23. The molecule has 0 unspecified atom stereocenters. The van der Waals surface area contributed by atoms with Gasteiger partial charge in [0.05, 0.1) is 12.6 Å². The van der Waals surface area contributed by atoms with Crippen molar-refractivity contribution in [2.24, 2.45) is 0 Å². The minimum atomic E-state index is 0.588. The molecule has 0 heterocycles. The van der Waals surface area contributed by atoms with Crippen molar-refractivity contribution in [1.29, 1.82) is 5.26 Å². The van der Waals surface area contributed by atoms with Gasteiger partial charge in [0.2, 0.25) is 0 Å². The molecule has 2 heteroatoms. The molecule has 0 fully saturated rings. The predicted molar refractivity (Wildman–Crippen MR) is 56.5 cm³/mol. The number of hydrogen-bond donors (Lipinski definition) is 0. The van der Waals surface area contributed by atoms with E-state index >= 15 is 0 Å². The lowest BCUT2D eigenvalue weighted by molar-refractivity contribution is 0.313. The van der Waals surface area contributed by atoms with Gasteiger partial charge in [0.25, 0.3) is 0 Å². The van der Waals surface area contributed by atoms with Crippen molar-refractivity contribution >= 4 is 0 Å². The van der Waals surface area contributed by atoms with Crippen molar-refractivity contribution < 1.29 is 0 Å². The van der Waals surface area contributed by atoms with Crippen LogP contribution in [-0.2, 0) is 0 Å². The average Bonchev–Trinajstić information content (AvgIpc) is 2.16. The standard InChI is InChI=1S/C11H22N2/c1-3-5-6-7-8-10-13(4-2)11-9-12/h3-8,10-11H2,1-2H3. The molecule has 0 saturated heterocycles. The summed E-state index contributed by atoms with van der Waals surface area (Å²) in [6.45, 7) is 7.02. The maximum absolute atomic E-state index is 8.52. The predicted octanol–water partition coefficient (Wildman–Crippen LogP) is 2.80. The summed E-state index contributed by atoms with van der Waals surface area (Å²) >= 11 is 0. The van der Waals surface area contributed by atoms with Crippen LogP contribution in [0.5, 0.6) is 0 Å². The molecule has 0 rings (SSSR count). The van der Waals surface area contributed by atoms with E-state index in [4.69, 9.17) is 5.26 Å². The van der Waals surface area contributed by atoms with Crippen LogP contribution in [0.15, 0.2) is 0 Å².